The number of carbonyl (C=O) groups is 1. The van der Waals surface area contributed by atoms with Crippen LogP contribution in [0.2, 0.25) is 0 Å². The van der Waals surface area contributed by atoms with Gasteiger partial charge in [-0.05, 0) is 46.0 Å². The number of rotatable bonds is 4. The van der Waals surface area contributed by atoms with E-state index in [0.29, 0.717) is 13.0 Å². The number of hydrogen-bond donors (Lipinski definition) is 0. The van der Waals surface area contributed by atoms with Gasteiger partial charge in [-0.15, -0.1) is 0 Å². The molecule has 0 bridgehead atoms. The Morgan fingerprint density at radius 3 is 2.72 bits per heavy atom. The lowest BCUT2D eigenvalue weighted by Gasteiger charge is -2.20. The molecule has 18 heavy (non-hydrogen) atoms. The summed E-state index contributed by atoms with van der Waals surface area (Å²) in [7, 11) is 4.04. The first-order chi connectivity index (χ1) is 8.59. The third kappa shape index (κ3) is 2.70. The molecule has 2 rings (SSSR count). The van der Waals surface area contributed by atoms with Crippen LogP contribution in [0.15, 0.2) is 16.9 Å². The quantitative estimate of drug-likeness (QED) is 0.807. The van der Waals surface area contributed by atoms with Crippen molar-refractivity contribution < 1.29 is 4.79 Å². The van der Waals surface area contributed by atoms with Crippen LogP contribution in [0.5, 0.6) is 0 Å². The smallest absolute Gasteiger partial charge is 0.250 e. The molecule has 0 fully saturated rings. The summed E-state index contributed by atoms with van der Waals surface area (Å²) in [6.45, 7) is 1.65. The van der Waals surface area contributed by atoms with Gasteiger partial charge in [0, 0.05) is 30.3 Å². The Labute approximate surface area is 107 Å². The van der Waals surface area contributed by atoms with E-state index in [1.54, 1.807) is 10.6 Å². The van der Waals surface area contributed by atoms with Crippen LogP contribution in [0.4, 0.5) is 0 Å². The zero-order valence-corrected chi connectivity index (χ0v) is 11.1. The van der Waals surface area contributed by atoms with Crippen molar-refractivity contribution in [1.82, 2.24) is 9.47 Å². The van der Waals surface area contributed by atoms with Gasteiger partial charge in [-0.2, -0.15) is 0 Å². The second kappa shape index (κ2) is 5.48. The normalized spacial score (nSPS) is 14.9. The summed E-state index contributed by atoms with van der Waals surface area (Å²) in [5.74, 6) is 0.178. The summed E-state index contributed by atoms with van der Waals surface area (Å²) in [6.07, 6.45) is 3.25. The number of pyridine rings is 1. The highest BCUT2D eigenvalue weighted by atomic mass is 16.1. The number of Topliss-reactive ketones (excluding diaryl/α,β-unsaturated/α-hetero) is 1. The highest BCUT2D eigenvalue weighted by Gasteiger charge is 2.20. The molecule has 1 aliphatic rings. The van der Waals surface area contributed by atoms with Crippen LogP contribution in [0.25, 0.3) is 0 Å². The monoisotopic (exact) mass is 248 g/mol. The van der Waals surface area contributed by atoms with E-state index < -0.39 is 0 Å². The van der Waals surface area contributed by atoms with Crippen molar-refractivity contribution in [2.75, 3.05) is 20.6 Å². The molecule has 0 spiro atoms. The number of nitrogens with zero attached hydrogens (tertiary/aromatic N) is 2. The van der Waals surface area contributed by atoms with Gasteiger partial charge in [0.05, 0.1) is 0 Å². The molecule has 4 nitrogen and oxygen atoms in total. The number of ketones is 1. The Morgan fingerprint density at radius 1 is 1.22 bits per heavy atom. The maximum atomic E-state index is 11.9. The number of fused-ring (bicyclic) bond motifs is 1. The van der Waals surface area contributed by atoms with E-state index in [0.717, 1.165) is 37.1 Å². The molecule has 0 aliphatic heterocycles. The second-order valence-electron chi connectivity index (χ2n) is 5.12. The van der Waals surface area contributed by atoms with Gasteiger partial charge >= 0.3 is 0 Å². The minimum atomic E-state index is 0.0159. The summed E-state index contributed by atoms with van der Waals surface area (Å²) in [6, 6.07) is 3.22. The lowest BCUT2D eigenvalue weighted by Crippen LogP contribution is -2.29. The summed E-state index contributed by atoms with van der Waals surface area (Å²) in [5, 5.41) is 0. The Hall–Kier alpha value is -1.42. The molecule has 4 heteroatoms. The van der Waals surface area contributed by atoms with Crippen molar-refractivity contribution in [2.45, 2.75) is 32.2 Å². The van der Waals surface area contributed by atoms with Crippen LogP contribution in [0.1, 0.15) is 35.3 Å². The SMILES string of the molecule is CN(C)CCCn1c2c(ccc1=O)C(=O)CCC2. The van der Waals surface area contributed by atoms with E-state index in [-0.39, 0.29) is 11.3 Å². The van der Waals surface area contributed by atoms with Gasteiger partial charge in [-0.1, -0.05) is 0 Å². The molecule has 1 aromatic rings. The van der Waals surface area contributed by atoms with E-state index in [2.05, 4.69) is 4.90 Å². The fourth-order valence-electron chi connectivity index (χ4n) is 2.48. The molecular weight excluding hydrogens is 228 g/mol. The van der Waals surface area contributed by atoms with Crippen molar-refractivity contribution in [2.24, 2.45) is 0 Å². The van der Waals surface area contributed by atoms with Crippen molar-refractivity contribution in [3.8, 4) is 0 Å². The first-order valence-corrected chi connectivity index (χ1v) is 6.50. The minimum Gasteiger partial charge on any atom is -0.312 e. The average Bonchev–Trinajstić information content (AvgIpc) is 2.32. The van der Waals surface area contributed by atoms with Crippen LogP contribution in [-0.2, 0) is 13.0 Å². The molecule has 0 radical (unpaired) electrons. The van der Waals surface area contributed by atoms with Gasteiger partial charge in [-0.3, -0.25) is 9.59 Å². The Bertz CT molecular complexity index is 503. The largest absolute Gasteiger partial charge is 0.312 e. The lowest BCUT2D eigenvalue weighted by molar-refractivity contribution is 0.0970. The van der Waals surface area contributed by atoms with Gasteiger partial charge in [0.25, 0.3) is 5.56 Å². The summed E-state index contributed by atoms with van der Waals surface area (Å²) in [4.78, 5) is 25.8. The summed E-state index contributed by atoms with van der Waals surface area (Å²) < 4.78 is 1.79. The molecular formula is C14H20N2O2. The molecule has 0 saturated heterocycles. The third-order valence-electron chi connectivity index (χ3n) is 3.40. The van der Waals surface area contributed by atoms with E-state index in [1.165, 1.54) is 6.07 Å². The fourth-order valence-corrected chi connectivity index (χ4v) is 2.48. The van der Waals surface area contributed by atoms with E-state index >= 15 is 0 Å². The first kappa shape index (κ1) is 13.0. The Kier molecular flexibility index (Phi) is 3.97. The van der Waals surface area contributed by atoms with E-state index in [9.17, 15) is 9.59 Å². The molecule has 0 unspecified atom stereocenters. The van der Waals surface area contributed by atoms with Crippen LogP contribution in [0.3, 0.4) is 0 Å². The van der Waals surface area contributed by atoms with Crippen molar-refractivity contribution in [3.63, 3.8) is 0 Å². The highest BCUT2D eigenvalue weighted by Crippen LogP contribution is 2.19. The van der Waals surface area contributed by atoms with Gasteiger partial charge in [0.15, 0.2) is 5.78 Å². The lowest BCUT2D eigenvalue weighted by atomic mass is 9.94. The predicted molar refractivity (Wildman–Crippen MR) is 71.1 cm³/mol. The van der Waals surface area contributed by atoms with Gasteiger partial charge in [-0.25, -0.2) is 0 Å². The number of hydrogen-bond acceptors (Lipinski definition) is 3. The fraction of sp³-hybridized carbons (Fsp3) is 0.571. The van der Waals surface area contributed by atoms with Crippen LogP contribution in [-0.4, -0.2) is 35.9 Å². The summed E-state index contributed by atoms with van der Waals surface area (Å²) in [5.41, 5.74) is 1.71. The third-order valence-corrected chi connectivity index (χ3v) is 3.40. The second-order valence-corrected chi connectivity index (χ2v) is 5.12. The van der Waals surface area contributed by atoms with Crippen molar-refractivity contribution >= 4 is 5.78 Å². The van der Waals surface area contributed by atoms with Crippen molar-refractivity contribution in [3.05, 3.63) is 33.7 Å². The van der Waals surface area contributed by atoms with E-state index in [4.69, 9.17) is 0 Å². The molecule has 1 heterocycles. The van der Waals surface area contributed by atoms with Crippen LogP contribution >= 0.6 is 0 Å². The average molecular weight is 248 g/mol. The van der Waals surface area contributed by atoms with Gasteiger partial charge < -0.3 is 9.47 Å². The molecule has 0 saturated carbocycles. The molecule has 0 aromatic carbocycles. The van der Waals surface area contributed by atoms with Crippen LogP contribution < -0.4 is 5.56 Å². The topological polar surface area (TPSA) is 42.3 Å². The zero-order valence-electron chi connectivity index (χ0n) is 11.1. The first-order valence-electron chi connectivity index (χ1n) is 6.50. The minimum absolute atomic E-state index is 0.0159. The standard InChI is InChI=1S/C14H20N2O2/c1-15(2)9-4-10-16-12-5-3-6-13(17)11(12)7-8-14(16)18/h7-8H,3-6,9-10H2,1-2H3. The number of aromatic nitrogens is 1. The van der Waals surface area contributed by atoms with Crippen molar-refractivity contribution in [1.29, 1.82) is 0 Å². The molecule has 0 atom stereocenters. The van der Waals surface area contributed by atoms with Crippen LogP contribution in [0, 0.1) is 0 Å². The Balaban J connectivity index is 2.26. The maximum Gasteiger partial charge on any atom is 0.250 e. The molecule has 1 aromatic heterocycles. The van der Waals surface area contributed by atoms with E-state index in [1.807, 2.05) is 14.1 Å². The predicted octanol–water partition coefficient (Wildman–Crippen LogP) is 1.32. The highest BCUT2D eigenvalue weighted by molar-refractivity contribution is 5.97. The molecule has 0 N–H and O–H groups in total. The maximum absolute atomic E-state index is 11.9. The summed E-state index contributed by atoms with van der Waals surface area (Å²) >= 11 is 0. The molecule has 0 amide bonds. The Morgan fingerprint density at radius 2 is 2.00 bits per heavy atom. The number of carbonyl (C=O) groups excluding carboxylic acids is 1. The van der Waals surface area contributed by atoms with Gasteiger partial charge in [0.1, 0.15) is 0 Å². The molecule has 98 valence electrons. The molecule has 1 aliphatic carbocycles. The van der Waals surface area contributed by atoms with Gasteiger partial charge in [0.2, 0.25) is 0 Å². The zero-order chi connectivity index (χ0) is 13.1.